The fourth-order valence-corrected chi connectivity index (χ4v) is 1.72. The highest BCUT2D eigenvalue weighted by Crippen LogP contribution is 1.99. The van der Waals surface area contributed by atoms with Gasteiger partial charge in [0.05, 0.1) is 6.33 Å². The number of carbonyl (C=O) groups is 1. The van der Waals surface area contributed by atoms with E-state index in [1.54, 1.807) is 12.5 Å². The van der Waals surface area contributed by atoms with E-state index < -0.39 is 0 Å². The highest BCUT2D eigenvalue weighted by molar-refractivity contribution is 5.85. The van der Waals surface area contributed by atoms with Crippen LogP contribution in [0.5, 0.6) is 0 Å². The quantitative estimate of drug-likeness (QED) is 0.880. The highest BCUT2D eigenvalue weighted by atomic mass is 35.5. The lowest BCUT2D eigenvalue weighted by molar-refractivity contribution is -0.132. The van der Waals surface area contributed by atoms with Crippen LogP contribution in [-0.2, 0) is 11.3 Å². The number of hydrogen-bond donors (Lipinski definition) is 1. The van der Waals surface area contributed by atoms with E-state index in [9.17, 15) is 4.79 Å². The molecule has 0 bridgehead atoms. The van der Waals surface area contributed by atoms with Gasteiger partial charge in [-0.3, -0.25) is 4.79 Å². The van der Waals surface area contributed by atoms with Crippen LogP contribution in [0.15, 0.2) is 18.7 Å². The van der Waals surface area contributed by atoms with Crippen LogP contribution >= 0.6 is 24.8 Å². The van der Waals surface area contributed by atoms with E-state index in [-0.39, 0.29) is 30.7 Å². The van der Waals surface area contributed by atoms with Crippen LogP contribution < -0.4 is 5.32 Å². The molecule has 1 aliphatic heterocycles. The van der Waals surface area contributed by atoms with Crippen LogP contribution in [0.1, 0.15) is 6.42 Å². The molecule has 1 aromatic heterocycles. The monoisotopic (exact) mass is 280 g/mol. The van der Waals surface area contributed by atoms with Gasteiger partial charge in [-0.05, 0) is 0 Å². The molecule has 0 radical (unpaired) electrons. The van der Waals surface area contributed by atoms with Crippen molar-refractivity contribution in [2.45, 2.75) is 13.0 Å². The Balaban J connectivity index is 0.00000128. The number of imidazole rings is 1. The first kappa shape index (κ1) is 16.2. The molecule has 0 aliphatic carbocycles. The molecule has 2 heterocycles. The van der Waals surface area contributed by atoms with Gasteiger partial charge in [-0.15, -0.1) is 24.8 Å². The van der Waals surface area contributed by atoms with Gasteiger partial charge in [-0.25, -0.2) is 4.98 Å². The zero-order chi connectivity index (χ0) is 10.5. The summed E-state index contributed by atoms with van der Waals surface area (Å²) in [4.78, 5) is 17.6. The normalized spacial score (nSPS) is 14.7. The molecule has 0 unspecified atom stereocenters. The van der Waals surface area contributed by atoms with E-state index in [0.717, 1.165) is 32.7 Å². The largest absolute Gasteiger partial charge is 0.340 e. The molecule has 1 amide bonds. The second-order valence-electron chi connectivity index (χ2n) is 3.68. The number of rotatable bonds is 3. The molecule has 0 atom stereocenters. The molecular formula is C10H18Cl2N4O. The lowest BCUT2D eigenvalue weighted by atomic mass is 10.3. The third kappa shape index (κ3) is 4.93. The summed E-state index contributed by atoms with van der Waals surface area (Å²) in [6, 6.07) is 0. The van der Waals surface area contributed by atoms with Gasteiger partial charge < -0.3 is 14.8 Å². The standard InChI is InChI=1S/C10H16N4O.2ClH/c15-10(14-7-3-11-4-8-14)1-5-13-6-2-12-9-13;;/h2,6,9,11H,1,3-5,7-8H2;2*1H. The summed E-state index contributed by atoms with van der Waals surface area (Å²) >= 11 is 0. The summed E-state index contributed by atoms with van der Waals surface area (Å²) in [5.41, 5.74) is 0. The van der Waals surface area contributed by atoms with E-state index >= 15 is 0 Å². The first-order chi connectivity index (χ1) is 7.36. The maximum atomic E-state index is 11.8. The molecule has 1 N–H and O–H groups in total. The number of halogens is 2. The minimum absolute atomic E-state index is 0. The van der Waals surface area contributed by atoms with Gasteiger partial charge in [-0.1, -0.05) is 0 Å². The molecule has 17 heavy (non-hydrogen) atoms. The second kappa shape index (κ2) is 8.33. The fourth-order valence-electron chi connectivity index (χ4n) is 1.72. The number of aromatic nitrogens is 2. The Morgan fingerprint density at radius 2 is 2.00 bits per heavy atom. The average molecular weight is 281 g/mol. The van der Waals surface area contributed by atoms with Gasteiger partial charge in [0.1, 0.15) is 0 Å². The molecular weight excluding hydrogens is 263 g/mol. The van der Waals surface area contributed by atoms with Crippen molar-refractivity contribution in [1.29, 1.82) is 0 Å². The topological polar surface area (TPSA) is 50.2 Å². The zero-order valence-corrected chi connectivity index (χ0v) is 11.2. The molecule has 1 saturated heterocycles. The van der Waals surface area contributed by atoms with Gasteiger partial charge in [0, 0.05) is 51.5 Å². The number of hydrogen-bond acceptors (Lipinski definition) is 3. The van der Waals surface area contributed by atoms with Crippen molar-refractivity contribution < 1.29 is 4.79 Å². The minimum Gasteiger partial charge on any atom is -0.340 e. The lowest BCUT2D eigenvalue weighted by Crippen LogP contribution is -2.46. The van der Waals surface area contributed by atoms with E-state index in [1.165, 1.54) is 0 Å². The summed E-state index contributed by atoms with van der Waals surface area (Å²) in [5, 5.41) is 3.23. The summed E-state index contributed by atoms with van der Waals surface area (Å²) < 4.78 is 1.93. The summed E-state index contributed by atoms with van der Waals surface area (Å²) in [7, 11) is 0. The van der Waals surface area contributed by atoms with Gasteiger partial charge in [0.15, 0.2) is 0 Å². The molecule has 98 valence electrons. The van der Waals surface area contributed by atoms with Crippen LogP contribution in [0, 0.1) is 0 Å². The maximum absolute atomic E-state index is 11.8. The minimum atomic E-state index is 0. The van der Waals surface area contributed by atoms with Gasteiger partial charge >= 0.3 is 0 Å². The third-order valence-corrected chi connectivity index (χ3v) is 2.61. The first-order valence-electron chi connectivity index (χ1n) is 5.30. The summed E-state index contributed by atoms with van der Waals surface area (Å²) in [5.74, 6) is 0.241. The van der Waals surface area contributed by atoms with Gasteiger partial charge in [0.25, 0.3) is 0 Å². The lowest BCUT2D eigenvalue weighted by Gasteiger charge is -2.27. The Hall–Kier alpha value is -0.780. The first-order valence-corrected chi connectivity index (χ1v) is 5.30. The predicted octanol–water partition coefficient (Wildman–Crippen LogP) is 0.549. The van der Waals surface area contributed by atoms with Crippen LogP contribution in [0.2, 0.25) is 0 Å². The molecule has 0 spiro atoms. The Labute approximate surface area is 113 Å². The number of nitrogens with one attached hydrogen (secondary N) is 1. The molecule has 2 rings (SSSR count). The number of piperazine rings is 1. The van der Waals surface area contributed by atoms with E-state index in [0.29, 0.717) is 6.42 Å². The van der Waals surface area contributed by atoms with Crippen molar-refractivity contribution in [3.63, 3.8) is 0 Å². The average Bonchev–Trinajstić information content (AvgIpc) is 2.80. The summed E-state index contributed by atoms with van der Waals surface area (Å²) in [6.07, 6.45) is 5.92. The molecule has 7 heteroatoms. The van der Waals surface area contributed by atoms with Crippen LogP contribution in [0.25, 0.3) is 0 Å². The van der Waals surface area contributed by atoms with Crippen molar-refractivity contribution in [3.8, 4) is 0 Å². The highest BCUT2D eigenvalue weighted by Gasteiger charge is 2.15. The van der Waals surface area contributed by atoms with Crippen molar-refractivity contribution in [2.75, 3.05) is 26.2 Å². The number of aryl methyl sites for hydroxylation is 1. The van der Waals surface area contributed by atoms with Crippen LogP contribution in [0.3, 0.4) is 0 Å². The van der Waals surface area contributed by atoms with Gasteiger partial charge in [-0.2, -0.15) is 0 Å². The number of nitrogens with zero attached hydrogens (tertiary/aromatic N) is 3. The SMILES string of the molecule is Cl.Cl.O=C(CCn1ccnc1)N1CCNCC1. The molecule has 1 aromatic rings. The van der Waals surface area contributed by atoms with Crippen LogP contribution in [0.4, 0.5) is 0 Å². The molecule has 0 aromatic carbocycles. The molecule has 1 aliphatic rings. The van der Waals surface area contributed by atoms with E-state index in [2.05, 4.69) is 10.3 Å². The predicted molar refractivity (Wildman–Crippen MR) is 70.8 cm³/mol. The molecule has 5 nitrogen and oxygen atoms in total. The smallest absolute Gasteiger partial charge is 0.224 e. The van der Waals surface area contributed by atoms with Crippen molar-refractivity contribution >= 4 is 30.7 Å². The molecule has 0 saturated carbocycles. The van der Waals surface area contributed by atoms with E-state index in [1.807, 2.05) is 15.7 Å². The third-order valence-electron chi connectivity index (χ3n) is 2.61. The number of amides is 1. The Morgan fingerprint density at radius 1 is 1.29 bits per heavy atom. The van der Waals surface area contributed by atoms with Crippen molar-refractivity contribution in [1.82, 2.24) is 19.8 Å². The van der Waals surface area contributed by atoms with Gasteiger partial charge in [0.2, 0.25) is 5.91 Å². The Morgan fingerprint density at radius 3 is 2.59 bits per heavy atom. The zero-order valence-electron chi connectivity index (χ0n) is 9.54. The van der Waals surface area contributed by atoms with Crippen molar-refractivity contribution in [3.05, 3.63) is 18.7 Å². The molecule has 1 fully saturated rings. The fraction of sp³-hybridized carbons (Fsp3) is 0.600. The Bertz CT molecular complexity index is 312. The Kier molecular flexibility index (Phi) is 7.95. The second-order valence-corrected chi connectivity index (χ2v) is 3.68. The van der Waals surface area contributed by atoms with Crippen molar-refractivity contribution in [2.24, 2.45) is 0 Å². The van der Waals surface area contributed by atoms with E-state index in [4.69, 9.17) is 0 Å². The van der Waals surface area contributed by atoms with Crippen LogP contribution in [-0.4, -0.2) is 46.5 Å². The number of carbonyl (C=O) groups excluding carboxylic acids is 1. The maximum Gasteiger partial charge on any atom is 0.224 e. The summed E-state index contributed by atoms with van der Waals surface area (Å²) in [6.45, 7) is 4.22.